The van der Waals surface area contributed by atoms with Crippen LogP contribution < -0.4 is 5.32 Å². The Morgan fingerprint density at radius 3 is 2.67 bits per heavy atom. The molecular weight excluding hydrogens is 234 g/mol. The third-order valence-corrected chi connectivity index (χ3v) is 2.70. The molecule has 1 N–H and O–H groups in total. The summed E-state index contributed by atoms with van der Waals surface area (Å²) in [6.07, 6.45) is 2.69. The van der Waals surface area contributed by atoms with Gasteiger partial charge in [-0.25, -0.2) is 4.79 Å². The molecule has 6 nitrogen and oxygen atoms in total. The van der Waals surface area contributed by atoms with Crippen LogP contribution in [0.3, 0.4) is 0 Å². The van der Waals surface area contributed by atoms with Gasteiger partial charge in [-0.3, -0.25) is 4.90 Å². The molecule has 1 amide bonds. The Morgan fingerprint density at radius 1 is 1.50 bits per heavy atom. The predicted molar refractivity (Wildman–Crippen MR) is 65.5 cm³/mol. The average molecular weight is 255 g/mol. The summed E-state index contributed by atoms with van der Waals surface area (Å²) >= 11 is 0. The molecule has 1 heterocycles. The predicted octanol–water partition coefficient (Wildman–Crippen LogP) is 1.43. The van der Waals surface area contributed by atoms with Crippen LogP contribution in [0.2, 0.25) is 0 Å². The van der Waals surface area contributed by atoms with Crippen molar-refractivity contribution in [1.29, 1.82) is 5.26 Å². The average Bonchev–Trinajstić information content (AvgIpc) is 2.60. The third kappa shape index (κ3) is 3.77. The molecule has 102 valence electrons. The Balaban J connectivity index is 2.76. The van der Waals surface area contributed by atoms with Crippen molar-refractivity contribution in [2.45, 2.75) is 51.4 Å². The number of carbonyl (C=O) groups excluding carboxylic acids is 1. The molecule has 1 fully saturated rings. The second kappa shape index (κ2) is 5.91. The molecule has 2 atom stereocenters. The Morgan fingerprint density at radius 2 is 2.17 bits per heavy atom. The smallest absolute Gasteiger partial charge is 0.412 e. The molecule has 1 aliphatic rings. The lowest BCUT2D eigenvalue weighted by Gasteiger charge is -2.31. The lowest BCUT2D eigenvalue weighted by atomic mass is 10.2. The SMILES string of the molecule is COC[C@@H]1CCC(NC#N)N1C(=O)OC(C)(C)C. The van der Waals surface area contributed by atoms with E-state index < -0.39 is 11.7 Å². The minimum absolute atomic E-state index is 0.0456. The molecule has 0 spiro atoms. The minimum Gasteiger partial charge on any atom is -0.444 e. The summed E-state index contributed by atoms with van der Waals surface area (Å²) in [6.45, 7) is 5.90. The number of carbonyl (C=O) groups is 1. The van der Waals surface area contributed by atoms with Gasteiger partial charge in [-0.1, -0.05) is 0 Å². The van der Waals surface area contributed by atoms with E-state index in [1.807, 2.05) is 27.0 Å². The largest absolute Gasteiger partial charge is 0.444 e. The molecule has 0 aromatic heterocycles. The van der Waals surface area contributed by atoms with Gasteiger partial charge in [0.1, 0.15) is 11.8 Å². The van der Waals surface area contributed by atoms with E-state index in [1.54, 1.807) is 12.0 Å². The lowest BCUT2D eigenvalue weighted by Crippen LogP contribution is -2.49. The van der Waals surface area contributed by atoms with E-state index in [0.717, 1.165) is 12.8 Å². The van der Waals surface area contributed by atoms with Crippen LogP contribution in [0.15, 0.2) is 0 Å². The van der Waals surface area contributed by atoms with Crippen molar-refractivity contribution in [3.8, 4) is 6.19 Å². The standard InChI is InChI=1S/C12H21N3O3/c1-12(2,3)18-11(16)15-9(7-17-4)5-6-10(15)14-8-13/h9-10,14H,5-7H2,1-4H3/t9-,10?/m0/s1. The molecular formula is C12H21N3O3. The Bertz CT molecular complexity index is 332. The van der Waals surface area contributed by atoms with Crippen LogP contribution in [0.25, 0.3) is 0 Å². The fourth-order valence-electron chi connectivity index (χ4n) is 2.05. The zero-order valence-corrected chi connectivity index (χ0v) is 11.4. The number of likely N-dealkylation sites (tertiary alicyclic amines) is 1. The second-order valence-corrected chi connectivity index (χ2v) is 5.35. The molecule has 0 bridgehead atoms. The van der Waals surface area contributed by atoms with Crippen LogP contribution in [-0.4, -0.2) is 42.5 Å². The fraction of sp³-hybridized carbons (Fsp3) is 0.833. The minimum atomic E-state index is -0.547. The van der Waals surface area contributed by atoms with Gasteiger partial charge in [0.2, 0.25) is 0 Å². The van der Waals surface area contributed by atoms with Crippen LogP contribution in [-0.2, 0) is 9.47 Å². The topological polar surface area (TPSA) is 74.6 Å². The first-order valence-corrected chi connectivity index (χ1v) is 6.04. The summed E-state index contributed by atoms with van der Waals surface area (Å²) in [4.78, 5) is 13.7. The number of hydrogen-bond acceptors (Lipinski definition) is 5. The number of amides is 1. The normalized spacial score (nSPS) is 23.6. The summed E-state index contributed by atoms with van der Waals surface area (Å²) < 4.78 is 10.5. The number of methoxy groups -OCH3 is 1. The van der Waals surface area contributed by atoms with Gasteiger partial charge >= 0.3 is 6.09 Å². The Labute approximate surface area is 108 Å². The van der Waals surface area contributed by atoms with Crippen molar-refractivity contribution in [2.75, 3.05) is 13.7 Å². The van der Waals surface area contributed by atoms with Crippen molar-refractivity contribution in [2.24, 2.45) is 0 Å². The number of nitriles is 1. The van der Waals surface area contributed by atoms with Crippen LogP contribution >= 0.6 is 0 Å². The number of nitrogens with zero attached hydrogens (tertiary/aromatic N) is 2. The quantitative estimate of drug-likeness (QED) is 0.610. The van der Waals surface area contributed by atoms with E-state index in [0.29, 0.717) is 6.61 Å². The highest BCUT2D eigenvalue weighted by Crippen LogP contribution is 2.25. The third-order valence-electron chi connectivity index (χ3n) is 2.70. The molecule has 6 heteroatoms. The van der Waals surface area contributed by atoms with Gasteiger partial charge in [0, 0.05) is 7.11 Å². The summed E-state index contributed by atoms with van der Waals surface area (Å²) in [5, 5.41) is 11.3. The van der Waals surface area contributed by atoms with Crippen molar-refractivity contribution in [3.05, 3.63) is 0 Å². The first-order chi connectivity index (χ1) is 8.39. The molecule has 0 aliphatic carbocycles. The molecule has 1 rings (SSSR count). The Hall–Kier alpha value is -1.48. The van der Waals surface area contributed by atoms with Crippen molar-refractivity contribution in [3.63, 3.8) is 0 Å². The van der Waals surface area contributed by atoms with Gasteiger partial charge in [0.15, 0.2) is 6.19 Å². The molecule has 1 unspecified atom stereocenters. The first-order valence-electron chi connectivity index (χ1n) is 6.04. The maximum atomic E-state index is 12.1. The summed E-state index contributed by atoms with van der Waals surface area (Å²) in [6, 6.07) is -0.0456. The van der Waals surface area contributed by atoms with E-state index in [9.17, 15) is 4.79 Å². The first kappa shape index (κ1) is 14.6. The number of rotatable bonds is 3. The highest BCUT2D eigenvalue weighted by molar-refractivity contribution is 5.69. The number of hydrogen-bond donors (Lipinski definition) is 1. The highest BCUT2D eigenvalue weighted by Gasteiger charge is 2.39. The van der Waals surface area contributed by atoms with E-state index >= 15 is 0 Å². The van der Waals surface area contributed by atoms with Gasteiger partial charge < -0.3 is 14.8 Å². The van der Waals surface area contributed by atoms with Crippen LogP contribution in [0.4, 0.5) is 4.79 Å². The highest BCUT2D eigenvalue weighted by atomic mass is 16.6. The van der Waals surface area contributed by atoms with Gasteiger partial charge in [0.25, 0.3) is 0 Å². The van der Waals surface area contributed by atoms with Gasteiger partial charge in [-0.2, -0.15) is 5.26 Å². The monoisotopic (exact) mass is 255 g/mol. The summed E-state index contributed by atoms with van der Waals surface area (Å²) in [7, 11) is 1.60. The van der Waals surface area contributed by atoms with E-state index in [4.69, 9.17) is 14.7 Å². The van der Waals surface area contributed by atoms with E-state index in [1.165, 1.54) is 0 Å². The zero-order chi connectivity index (χ0) is 13.8. The second-order valence-electron chi connectivity index (χ2n) is 5.35. The van der Waals surface area contributed by atoms with Crippen molar-refractivity contribution in [1.82, 2.24) is 10.2 Å². The maximum Gasteiger partial charge on any atom is 0.412 e. The maximum absolute atomic E-state index is 12.1. The molecule has 0 saturated carbocycles. The van der Waals surface area contributed by atoms with Crippen LogP contribution in [0, 0.1) is 11.5 Å². The molecule has 1 saturated heterocycles. The summed E-state index contributed by atoms with van der Waals surface area (Å²) in [5.74, 6) is 0. The number of nitrogens with one attached hydrogen (secondary N) is 1. The molecule has 18 heavy (non-hydrogen) atoms. The molecule has 0 aromatic carbocycles. The zero-order valence-electron chi connectivity index (χ0n) is 11.4. The van der Waals surface area contributed by atoms with Crippen LogP contribution in [0.1, 0.15) is 33.6 Å². The van der Waals surface area contributed by atoms with Crippen molar-refractivity contribution >= 4 is 6.09 Å². The molecule has 0 radical (unpaired) electrons. The van der Waals surface area contributed by atoms with Gasteiger partial charge in [-0.15, -0.1) is 0 Å². The van der Waals surface area contributed by atoms with E-state index in [-0.39, 0.29) is 12.2 Å². The van der Waals surface area contributed by atoms with Crippen LogP contribution in [0.5, 0.6) is 0 Å². The number of ether oxygens (including phenoxy) is 2. The van der Waals surface area contributed by atoms with Crippen molar-refractivity contribution < 1.29 is 14.3 Å². The lowest BCUT2D eigenvalue weighted by molar-refractivity contribution is 0.00440. The molecule has 0 aromatic rings. The molecule has 1 aliphatic heterocycles. The Kier molecular flexibility index (Phi) is 4.79. The van der Waals surface area contributed by atoms with E-state index in [2.05, 4.69) is 5.32 Å². The van der Waals surface area contributed by atoms with Gasteiger partial charge in [0.05, 0.1) is 12.6 Å². The van der Waals surface area contributed by atoms with Gasteiger partial charge in [-0.05, 0) is 33.6 Å². The fourth-order valence-corrected chi connectivity index (χ4v) is 2.05. The summed E-state index contributed by atoms with van der Waals surface area (Å²) in [5.41, 5.74) is -0.547.